The van der Waals surface area contributed by atoms with Gasteiger partial charge >= 0.3 is 6.02 Å². The van der Waals surface area contributed by atoms with E-state index in [2.05, 4.69) is 15.3 Å². The van der Waals surface area contributed by atoms with Crippen LogP contribution >= 0.6 is 0 Å². The van der Waals surface area contributed by atoms with Crippen LogP contribution in [0, 0.1) is 0 Å². The Balaban J connectivity index is 2.02. The molecule has 0 unspecified atom stereocenters. The van der Waals surface area contributed by atoms with Gasteiger partial charge in [0.25, 0.3) is 0 Å². The topological polar surface area (TPSA) is 43.5 Å². The monoisotopic (exact) mass is 90.0 g/mol. The van der Waals surface area contributed by atoms with Gasteiger partial charge in [-0.25, -0.2) is 9.82 Å². The molecule has 6 heavy (non-hydrogen) atoms. The van der Waals surface area contributed by atoms with Crippen molar-refractivity contribution in [2.45, 2.75) is 0 Å². The molecule has 34 valence electrons. The van der Waals surface area contributed by atoms with Crippen LogP contribution in [0.15, 0.2) is 5.10 Å². The maximum absolute atomic E-state index is 10.9. The summed E-state index contributed by atoms with van der Waals surface area (Å²) < 4.78 is 15.1. The van der Waals surface area contributed by atoms with E-state index in [0.717, 1.165) is 0 Å². The molecular formula is C2H3FN2O. The van der Waals surface area contributed by atoms with E-state index in [0.29, 0.717) is 0 Å². The van der Waals surface area contributed by atoms with Crippen LogP contribution in [0.2, 0.25) is 0 Å². The van der Waals surface area contributed by atoms with Crippen LogP contribution < -0.4 is 5.43 Å². The first-order valence-corrected chi connectivity index (χ1v) is 1.46. The van der Waals surface area contributed by atoms with Crippen molar-refractivity contribution in [1.82, 2.24) is 5.43 Å². The fourth-order valence-corrected chi connectivity index (χ4v) is 0.139. The van der Waals surface area contributed by atoms with Crippen molar-refractivity contribution in [2.75, 3.05) is 6.86 Å². The van der Waals surface area contributed by atoms with Crippen LogP contribution in [-0.4, -0.2) is 12.9 Å². The molecule has 0 spiro atoms. The number of alkyl halides is 1. The lowest BCUT2D eigenvalue weighted by Gasteiger charge is -1.81. The standard InChI is InChI=1S/C2H3FN2O/c3-1-6-2-4-5-2/h1H2,(H,4,5). The summed E-state index contributed by atoms with van der Waals surface area (Å²) >= 11 is 0. The number of hydrogen-bond acceptors (Lipinski definition) is 3. The SMILES string of the molecule is FCOC1=NN1. The van der Waals surface area contributed by atoms with Crippen molar-refractivity contribution in [2.24, 2.45) is 5.10 Å². The summed E-state index contributed by atoms with van der Waals surface area (Å²) in [6.07, 6.45) is 0. The Hall–Kier alpha value is -0.800. The van der Waals surface area contributed by atoms with Crippen LogP contribution in [-0.2, 0) is 4.74 Å². The molecule has 0 aromatic carbocycles. The lowest BCUT2D eigenvalue weighted by Crippen LogP contribution is -1.96. The number of amidine groups is 1. The highest BCUT2D eigenvalue weighted by Crippen LogP contribution is 1.87. The first-order valence-electron chi connectivity index (χ1n) is 1.46. The van der Waals surface area contributed by atoms with E-state index < -0.39 is 6.86 Å². The van der Waals surface area contributed by atoms with Gasteiger partial charge < -0.3 is 4.74 Å². The van der Waals surface area contributed by atoms with E-state index in [1.807, 2.05) is 0 Å². The molecule has 0 aromatic rings. The Kier molecular flexibility index (Phi) is 0.633. The highest BCUT2D eigenvalue weighted by atomic mass is 19.1. The third-order valence-corrected chi connectivity index (χ3v) is 0.394. The van der Waals surface area contributed by atoms with E-state index in [1.165, 1.54) is 0 Å². The van der Waals surface area contributed by atoms with Crippen LogP contribution in [0.3, 0.4) is 0 Å². The number of halogens is 1. The van der Waals surface area contributed by atoms with Crippen LogP contribution in [0.1, 0.15) is 0 Å². The van der Waals surface area contributed by atoms with Gasteiger partial charge in [0.15, 0.2) is 0 Å². The molecule has 1 rings (SSSR count). The summed E-state index contributed by atoms with van der Waals surface area (Å²) in [6, 6.07) is 0.289. The van der Waals surface area contributed by atoms with Gasteiger partial charge in [0.05, 0.1) is 0 Å². The van der Waals surface area contributed by atoms with Crippen LogP contribution in [0.4, 0.5) is 4.39 Å². The van der Waals surface area contributed by atoms with E-state index in [9.17, 15) is 4.39 Å². The van der Waals surface area contributed by atoms with Crippen molar-refractivity contribution in [3.63, 3.8) is 0 Å². The molecular weight excluding hydrogens is 87.0 g/mol. The molecule has 0 atom stereocenters. The molecule has 3 nitrogen and oxygen atoms in total. The normalized spacial score (nSPS) is 15.2. The first-order chi connectivity index (χ1) is 2.93. The minimum atomic E-state index is -0.800. The number of ether oxygens (including phenoxy) is 1. The second kappa shape index (κ2) is 1.12. The average Bonchev–Trinajstić information content (AvgIpc) is 2.21. The zero-order valence-electron chi connectivity index (χ0n) is 2.94. The van der Waals surface area contributed by atoms with Gasteiger partial charge in [-0.15, -0.1) is 5.10 Å². The molecule has 0 saturated carbocycles. The Morgan fingerprint density at radius 2 is 2.67 bits per heavy atom. The number of nitrogens with zero attached hydrogens (tertiary/aromatic N) is 1. The van der Waals surface area contributed by atoms with E-state index in [4.69, 9.17) is 0 Å². The van der Waals surface area contributed by atoms with E-state index in [1.54, 1.807) is 0 Å². The predicted octanol–water partition coefficient (Wildman–Crippen LogP) is -0.196. The summed E-state index contributed by atoms with van der Waals surface area (Å²) in [7, 11) is 0. The number of hydrogen-bond donors (Lipinski definition) is 1. The third-order valence-electron chi connectivity index (χ3n) is 0.394. The zero-order valence-corrected chi connectivity index (χ0v) is 2.94. The van der Waals surface area contributed by atoms with Crippen molar-refractivity contribution < 1.29 is 9.13 Å². The molecule has 0 fully saturated rings. The van der Waals surface area contributed by atoms with Crippen LogP contribution in [0.5, 0.6) is 0 Å². The molecule has 1 aliphatic rings. The Morgan fingerprint density at radius 3 is 2.83 bits per heavy atom. The Bertz CT molecular complexity index is 81.6. The van der Waals surface area contributed by atoms with Gasteiger partial charge in [-0.05, 0) is 0 Å². The summed E-state index contributed by atoms with van der Waals surface area (Å²) in [4.78, 5) is 0. The zero-order chi connectivity index (χ0) is 4.41. The molecule has 1 N–H and O–H groups in total. The molecule has 1 aliphatic heterocycles. The predicted molar refractivity (Wildman–Crippen MR) is 17.6 cm³/mol. The van der Waals surface area contributed by atoms with Crippen molar-refractivity contribution >= 4 is 6.02 Å². The summed E-state index contributed by atoms with van der Waals surface area (Å²) in [5, 5.41) is 3.30. The molecule has 0 saturated heterocycles. The third kappa shape index (κ3) is 0.573. The fourth-order valence-electron chi connectivity index (χ4n) is 0.139. The summed E-state index contributed by atoms with van der Waals surface area (Å²) in [6.45, 7) is -0.800. The molecule has 0 bridgehead atoms. The van der Waals surface area contributed by atoms with Gasteiger partial charge in [-0.2, -0.15) is 0 Å². The Morgan fingerprint density at radius 1 is 2.00 bits per heavy atom. The van der Waals surface area contributed by atoms with E-state index >= 15 is 0 Å². The lowest BCUT2D eigenvalue weighted by atomic mass is 11.3. The number of nitrogens with one attached hydrogen (secondary N) is 1. The molecule has 1 heterocycles. The summed E-state index contributed by atoms with van der Waals surface area (Å²) in [5.74, 6) is 0. The molecule has 4 heteroatoms. The van der Waals surface area contributed by atoms with E-state index in [-0.39, 0.29) is 6.02 Å². The number of rotatable bonds is 1. The van der Waals surface area contributed by atoms with Gasteiger partial charge in [-0.1, -0.05) is 0 Å². The van der Waals surface area contributed by atoms with Crippen molar-refractivity contribution in [3.8, 4) is 0 Å². The minimum Gasteiger partial charge on any atom is -0.431 e. The van der Waals surface area contributed by atoms with Gasteiger partial charge in [0.1, 0.15) is 0 Å². The molecule has 0 radical (unpaired) electrons. The van der Waals surface area contributed by atoms with Crippen molar-refractivity contribution in [3.05, 3.63) is 0 Å². The Labute approximate surface area is 33.8 Å². The highest BCUT2D eigenvalue weighted by Gasteiger charge is 2.07. The molecule has 0 aliphatic carbocycles. The largest absolute Gasteiger partial charge is 0.431 e. The smallest absolute Gasteiger partial charge is 0.330 e. The van der Waals surface area contributed by atoms with Gasteiger partial charge in [0, 0.05) is 0 Å². The average molecular weight is 90.1 g/mol. The first kappa shape index (κ1) is 3.39. The highest BCUT2D eigenvalue weighted by molar-refractivity contribution is 5.82. The second-order valence-corrected chi connectivity index (χ2v) is 0.782. The van der Waals surface area contributed by atoms with Gasteiger partial charge in [0.2, 0.25) is 6.86 Å². The van der Waals surface area contributed by atoms with Crippen LogP contribution in [0.25, 0.3) is 0 Å². The molecule has 0 amide bonds. The fraction of sp³-hybridized carbons (Fsp3) is 0.500. The van der Waals surface area contributed by atoms with Crippen molar-refractivity contribution in [1.29, 1.82) is 0 Å². The molecule has 0 aromatic heterocycles. The minimum absolute atomic E-state index is 0.289. The van der Waals surface area contributed by atoms with Gasteiger partial charge in [-0.3, -0.25) is 0 Å². The summed E-state index contributed by atoms with van der Waals surface area (Å²) in [5.41, 5.74) is 2.31. The maximum Gasteiger partial charge on any atom is 0.330 e. The number of hydrazone groups is 1. The maximum atomic E-state index is 10.9. The second-order valence-electron chi connectivity index (χ2n) is 0.782. The quantitative estimate of drug-likeness (QED) is 0.484. The lowest BCUT2D eigenvalue weighted by molar-refractivity contribution is 0.183.